The number of aryl methyl sites for hydroxylation is 1. The zero-order valence-electron chi connectivity index (χ0n) is 19.0. The molecular formula is C27H29N3O3. The number of benzene rings is 3. The number of nitrogens with two attached hydrogens (primary N) is 1. The first kappa shape index (κ1) is 22.3. The molecule has 0 unspecified atom stereocenters. The summed E-state index contributed by atoms with van der Waals surface area (Å²) in [6.07, 6.45) is 0.501. The number of anilines is 2. The number of carbonyl (C=O) groups excluding carboxylic acids is 1. The molecule has 170 valence electrons. The number of hydrogen-bond acceptors (Lipinski definition) is 4. The standard InChI is InChI=1S/C27H29N3O3/c1-3-16-30-24-17-22(33-18-19-8-6-5-7-9-19)14-15-23(24)25(28)26(30)20-10-12-21(13-11-20)29-27(31)32-4-2/h5-15,17H,3-4,16,18,28H2,1-2H3,(H,29,31). The van der Waals surface area contributed by atoms with Gasteiger partial charge in [0.15, 0.2) is 0 Å². The maximum Gasteiger partial charge on any atom is 0.411 e. The number of aromatic nitrogens is 1. The van der Waals surface area contributed by atoms with Crippen LogP contribution in [0, 0.1) is 0 Å². The van der Waals surface area contributed by atoms with Gasteiger partial charge in [-0.15, -0.1) is 0 Å². The van der Waals surface area contributed by atoms with Gasteiger partial charge in [-0.3, -0.25) is 5.32 Å². The Morgan fingerprint density at radius 1 is 1.00 bits per heavy atom. The van der Waals surface area contributed by atoms with Crippen LogP contribution in [0.2, 0.25) is 0 Å². The van der Waals surface area contributed by atoms with Crippen molar-refractivity contribution in [3.63, 3.8) is 0 Å². The fourth-order valence-electron chi connectivity index (χ4n) is 3.95. The third kappa shape index (κ3) is 4.95. The molecule has 0 aliphatic heterocycles. The molecule has 0 fully saturated rings. The van der Waals surface area contributed by atoms with Gasteiger partial charge in [-0.25, -0.2) is 4.79 Å². The molecule has 4 rings (SSSR count). The molecule has 1 heterocycles. The SMILES string of the molecule is CCCn1c(-c2ccc(NC(=O)OCC)cc2)c(N)c2ccc(OCc3ccccc3)cc21. The predicted molar refractivity (Wildman–Crippen MR) is 133 cm³/mol. The van der Waals surface area contributed by atoms with E-state index in [0.717, 1.165) is 52.1 Å². The maximum absolute atomic E-state index is 11.7. The second kappa shape index (κ2) is 10.1. The topological polar surface area (TPSA) is 78.5 Å². The molecule has 33 heavy (non-hydrogen) atoms. The molecule has 4 aromatic rings. The largest absolute Gasteiger partial charge is 0.489 e. The Balaban J connectivity index is 1.65. The van der Waals surface area contributed by atoms with Gasteiger partial charge in [0, 0.05) is 29.2 Å². The number of nitrogen functional groups attached to an aromatic ring is 1. The van der Waals surface area contributed by atoms with Gasteiger partial charge < -0.3 is 19.8 Å². The summed E-state index contributed by atoms with van der Waals surface area (Å²) in [6, 6.07) is 23.8. The fourth-order valence-corrected chi connectivity index (χ4v) is 3.95. The summed E-state index contributed by atoms with van der Waals surface area (Å²) < 4.78 is 13.2. The number of rotatable bonds is 8. The van der Waals surface area contributed by atoms with E-state index in [-0.39, 0.29) is 0 Å². The summed E-state index contributed by atoms with van der Waals surface area (Å²) in [4.78, 5) is 11.7. The first-order valence-corrected chi connectivity index (χ1v) is 11.2. The summed E-state index contributed by atoms with van der Waals surface area (Å²) in [5, 5.41) is 3.72. The molecule has 0 saturated heterocycles. The summed E-state index contributed by atoms with van der Waals surface area (Å²) in [5.41, 5.74) is 12.2. The van der Waals surface area contributed by atoms with Crippen molar-refractivity contribution in [1.82, 2.24) is 4.57 Å². The average molecular weight is 444 g/mol. The first-order chi connectivity index (χ1) is 16.1. The molecule has 0 aliphatic rings. The second-order valence-corrected chi connectivity index (χ2v) is 7.79. The van der Waals surface area contributed by atoms with Crippen molar-refractivity contribution in [3.05, 3.63) is 78.4 Å². The number of ether oxygens (including phenoxy) is 2. The zero-order valence-corrected chi connectivity index (χ0v) is 19.0. The second-order valence-electron chi connectivity index (χ2n) is 7.79. The number of nitrogens with one attached hydrogen (secondary N) is 1. The Morgan fingerprint density at radius 3 is 2.45 bits per heavy atom. The van der Waals surface area contributed by atoms with Crippen LogP contribution in [0.4, 0.5) is 16.2 Å². The van der Waals surface area contributed by atoms with Crippen LogP contribution in [0.3, 0.4) is 0 Å². The minimum Gasteiger partial charge on any atom is -0.489 e. The summed E-state index contributed by atoms with van der Waals surface area (Å²) in [5.74, 6) is 0.807. The van der Waals surface area contributed by atoms with Crippen LogP contribution >= 0.6 is 0 Å². The van der Waals surface area contributed by atoms with Crippen LogP contribution in [-0.4, -0.2) is 17.3 Å². The van der Waals surface area contributed by atoms with E-state index in [1.54, 1.807) is 6.92 Å². The highest BCUT2D eigenvalue weighted by molar-refractivity contribution is 6.01. The molecule has 6 nitrogen and oxygen atoms in total. The molecule has 1 amide bonds. The monoisotopic (exact) mass is 443 g/mol. The summed E-state index contributed by atoms with van der Waals surface area (Å²) >= 11 is 0. The van der Waals surface area contributed by atoms with Crippen molar-refractivity contribution in [3.8, 4) is 17.0 Å². The molecule has 3 aromatic carbocycles. The number of carbonyl (C=O) groups is 1. The Labute approximate surface area is 193 Å². The highest BCUT2D eigenvalue weighted by Crippen LogP contribution is 2.38. The quantitative estimate of drug-likeness (QED) is 0.328. The van der Waals surface area contributed by atoms with Crippen LogP contribution in [0.25, 0.3) is 22.2 Å². The van der Waals surface area contributed by atoms with E-state index in [9.17, 15) is 4.79 Å². The lowest BCUT2D eigenvalue weighted by Crippen LogP contribution is -2.13. The zero-order chi connectivity index (χ0) is 23.2. The normalized spacial score (nSPS) is 10.8. The van der Waals surface area contributed by atoms with Gasteiger partial charge in [-0.1, -0.05) is 49.4 Å². The lowest BCUT2D eigenvalue weighted by molar-refractivity contribution is 0.168. The number of nitrogens with zero attached hydrogens (tertiary/aromatic N) is 1. The van der Waals surface area contributed by atoms with Crippen molar-refractivity contribution in [2.24, 2.45) is 0 Å². The third-order valence-corrected chi connectivity index (χ3v) is 5.45. The smallest absolute Gasteiger partial charge is 0.411 e. The van der Waals surface area contributed by atoms with E-state index in [4.69, 9.17) is 15.2 Å². The Hall–Kier alpha value is -3.93. The van der Waals surface area contributed by atoms with Gasteiger partial charge in [0.25, 0.3) is 0 Å². The third-order valence-electron chi connectivity index (χ3n) is 5.45. The number of amides is 1. The molecule has 0 radical (unpaired) electrons. The lowest BCUT2D eigenvalue weighted by atomic mass is 10.1. The molecule has 0 atom stereocenters. The van der Waals surface area contributed by atoms with Crippen LogP contribution in [-0.2, 0) is 17.9 Å². The van der Waals surface area contributed by atoms with Crippen molar-refractivity contribution in [2.45, 2.75) is 33.4 Å². The van der Waals surface area contributed by atoms with Crippen LogP contribution in [0.1, 0.15) is 25.8 Å². The minimum absolute atomic E-state index is 0.328. The average Bonchev–Trinajstić information content (AvgIpc) is 3.10. The van der Waals surface area contributed by atoms with Crippen LogP contribution in [0.15, 0.2) is 72.8 Å². The Bertz CT molecular complexity index is 1230. The molecule has 0 bridgehead atoms. The Kier molecular flexibility index (Phi) is 6.83. The minimum atomic E-state index is -0.465. The van der Waals surface area contributed by atoms with E-state index in [1.807, 2.05) is 54.6 Å². The number of hydrogen-bond donors (Lipinski definition) is 2. The highest BCUT2D eigenvalue weighted by Gasteiger charge is 2.17. The summed E-state index contributed by atoms with van der Waals surface area (Å²) in [6.45, 7) is 5.59. The van der Waals surface area contributed by atoms with Gasteiger partial charge >= 0.3 is 6.09 Å². The summed E-state index contributed by atoms with van der Waals surface area (Å²) in [7, 11) is 0. The van der Waals surface area contributed by atoms with E-state index in [2.05, 4.69) is 35.0 Å². The van der Waals surface area contributed by atoms with Crippen molar-refractivity contribution in [2.75, 3.05) is 17.7 Å². The fraction of sp³-hybridized carbons (Fsp3) is 0.222. The van der Waals surface area contributed by atoms with Crippen LogP contribution in [0.5, 0.6) is 5.75 Å². The van der Waals surface area contributed by atoms with E-state index in [1.165, 1.54) is 0 Å². The lowest BCUT2D eigenvalue weighted by Gasteiger charge is -2.12. The van der Waals surface area contributed by atoms with E-state index < -0.39 is 6.09 Å². The number of fused-ring (bicyclic) bond motifs is 1. The van der Waals surface area contributed by atoms with Crippen molar-refractivity contribution >= 4 is 28.4 Å². The van der Waals surface area contributed by atoms with Gasteiger partial charge in [-0.05, 0) is 43.2 Å². The Morgan fingerprint density at radius 2 is 1.76 bits per heavy atom. The molecular weight excluding hydrogens is 414 g/mol. The van der Waals surface area contributed by atoms with E-state index in [0.29, 0.717) is 18.9 Å². The van der Waals surface area contributed by atoms with Gasteiger partial charge in [0.1, 0.15) is 12.4 Å². The van der Waals surface area contributed by atoms with Crippen molar-refractivity contribution < 1.29 is 14.3 Å². The molecule has 1 aromatic heterocycles. The van der Waals surface area contributed by atoms with Crippen LogP contribution < -0.4 is 15.8 Å². The van der Waals surface area contributed by atoms with Gasteiger partial charge in [-0.2, -0.15) is 0 Å². The molecule has 0 spiro atoms. The van der Waals surface area contributed by atoms with E-state index >= 15 is 0 Å². The predicted octanol–water partition coefficient (Wildman–Crippen LogP) is 6.45. The first-order valence-electron chi connectivity index (χ1n) is 11.2. The highest BCUT2D eigenvalue weighted by atomic mass is 16.5. The molecule has 0 aliphatic carbocycles. The molecule has 0 saturated carbocycles. The molecule has 6 heteroatoms. The molecule has 3 N–H and O–H groups in total. The maximum atomic E-state index is 11.7. The van der Waals surface area contributed by atoms with Crippen molar-refractivity contribution in [1.29, 1.82) is 0 Å². The van der Waals surface area contributed by atoms with Gasteiger partial charge in [0.05, 0.1) is 23.5 Å². The van der Waals surface area contributed by atoms with Gasteiger partial charge in [0.2, 0.25) is 0 Å².